The third-order valence-corrected chi connectivity index (χ3v) is 3.88. The van der Waals surface area contributed by atoms with E-state index in [2.05, 4.69) is 35.5 Å². The summed E-state index contributed by atoms with van der Waals surface area (Å²) in [5.41, 5.74) is 1.75. The van der Waals surface area contributed by atoms with Gasteiger partial charge >= 0.3 is 12.5 Å². The predicted molar refractivity (Wildman–Crippen MR) is 94.6 cm³/mol. The molecule has 0 unspecified atom stereocenters. The Balaban J connectivity index is 2.13. The number of pyridine rings is 1. The maximum atomic E-state index is 12.6. The van der Waals surface area contributed by atoms with Gasteiger partial charge in [0.15, 0.2) is 0 Å². The summed E-state index contributed by atoms with van der Waals surface area (Å²) < 4.78 is 48.0. The average Bonchev–Trinajstić information content (AvgIpc) is 2.96. The molecule has 3 aromatic rings. The zero-order valence-corrected chi connectivity index (χ0v) is 15.7. The molecule has 3 rings (SSSR count). The number of aryl methyl sites for hydroxylation is 1. The molecule has 146 valence electrons. The van der Waals surface area contributed by atoms with Crippen LogP contribution in [0.5, 0.6) is 11.6 Å². The lowest BCUT2D eigenvalue weighted by Crippen LogP contribution is -2.17. The second kappa shape index (κ2) is 7.50. The van der Waals surface area contributed by atoms with Crippen molar-refractivity contribution in [3.8, 4) is 28.6 Å². The molecule has 1 aromatic carbocycles. The molecule has 0 radical (unpaired) electrons. The Morgan fingerprint density at radius 3 is 2.57 bits per heavy atom. The van der Waals surface area contributed by atoms with Crippen LogP contribution in [0, 0.1) is 6.92 Å². The van der Waals surface area contributed by atoms with Gasteiger partial charge in [-0.15, -0.1) is 18.3 Å². The van der Waals surface area contributed by atoms with Gasteiger partial charge in [-0.1, -0.05) is 15.9 Å². The molecule has 0 bridgehead atoms. The van der Waals surface area contributed by atoms with Gasteiger partial charge in [-0.05, 0) is 37.3 Å². The molecule has 0 atom stereocenters. The number of hydrogen-bond acceptors (Lipinski definition) is 5. The molecule has 0 fully saturated rings. The van der Waals surface area contributed by atoms with Gasteiger partial charge in [0, 0.05) is 21.8 Å². The van der Waals surface area contributed by atoms with Gasteiger partial charge in [0.1, 0.15) is 5.75 Å². The number of rotatable bonds is 4. The Labute approximate surface area is 164 Å². The smallest absolute Gasteiger partial charge is 0.449 e. The fourth-order valence-electron chi connectivity index (χ4n) is 2.39. The summed E-state index contributed by atoms with van der Waals surface area (Å²) in [6, 6.07) is 8.50. The second-order valence-electron chi connectivity index (χ2n) is 5.53. The first-order valence-electron chi connectivity index (χ1n) is 7.61. The van der Waals surface area contributed by atoms with E-state index in [4.69, 9.17) is 5.11 Å². The van der Waals surface area contributed by atoms with E-state index in [0.717, 1.165) is 17.8 Å². The minimum Gasteiger partial charge on any atom is -0.449 e. The van der Waals surface area contributed by atoms with E-state index in [9.17, 15) is 18.0 Å². The highest BCUT2D eigenvalue weighted by molar-refractivity contribution is 9.10. The molecule has 0 saturated carbocycles. The highest BCUT2D eigenvalue weighted by atomic mass is 79.9. The standard InChI is InChI=1S/C17H11BrF3N3O4/c1-9-2-3-12(8-22-9)24-14(7-15(23-24)27-16(25)26)10-4-11(18)6-13(5-10)28-17(19,20)21/h2-8H,1H3,(H,25,26). The lowest BCUT2D eigenvalue weighted by molar-refractivity contribution is -0.274. The molecule has 0 amide bonds. The van der Waals surface area contributed by atoms with Crippen LogP contribution in [0.2, 0.25) is 0 Å². The summed E-state index contributed by atoms with van der Waals surface area (Å²) in [7, 11) is 0. The second-order valence-corrected chi connectivity index (χ2v) is 6.44. The highest BCUT2D eigenvalue weighted by Gasteiger charge is 2.31. The van der Waals surface area contributed by atoms with Crippen molar-refractivity contribution >= 4 is 22.1 Å². The Kier molecular flexibility index (Phi) is 5.27. The van der Waals surface area contributed by atoms with Gasteiger partial charge in [0.25, 0.3) is 0 Å². The third-order valence-electron chi connectivity index (χ3n) is 3.42. The molecular weight excluding hydrogens is 447 g/mol. The summed E-state index contributed by atoms with van der Waals surface area (Å²) in [6.07, 6.45) is -4.95. The van der Waals surface area contributed by atoms with Crippen LogP contribution in [0.1, 0.15) is 5.69 Å². The number of nitrogens with zero attached hydrogens (tertiary/aromatic N) is 3. The SMILES string of the molecule is Cc1ccc(-n2nc(OC(=O)O)cc2-c2cc(Br)cc(OC(F)(F)F)c2)cn1. The predicted octanol–water partition coefficient (Wildman–Crippen LogP) is 4.96. The van der Waals surface area contributed by atoms with Crippen LogP contribution < -0.4 is 9.47 Å². The van der Waals surface area contributed by atoms with E-state index >= 15 is 0 Å². The first kappa shape index (κ1) is 19.7. The van der Waals surface area contributed by atoms with Crippen molar-refractivity contribution in [2.45, 2.75) is 13.3 Å². The van der Waals surface area contributed by atoms with Crippen molar-refractivity contribution in [2.75, 3.05) is 0 Å². The first-order valence-corrected chi connectivity index (χ1v) is 8.40. The highest BCUT2D eigenvalue weighted by Crippen LogP contribution is 2.34. The first-order chi connectivity index (χ1) is 13.1. The summed E-state index contributed by atoms with van der Waals surface area (Å²) >= 11 is 3.14. The number of aromatic nitrogens is 3. The van der Waals surface area contributed by atoms with E-state index in [1.807, 2.05) is 0 Å². The van der Waals surface area contributed by atoms with Crippen LogP contribution >= 0.6 is 15.9 Å². The minimum absolute atomic E-state index is 0.249. The number of carboxylic acid groups (broad SMARTS) is 1. The Hall–Kier alpha value is -3.08. The van der Waals surface area contributed by atoms with Gasteiger partial charge in [-0.3, -0.25) is 4.98 Å². The maximum Gasteiger partial charge on any atom is 0.573 e. The molecule has 0 spiro atoms. The fourth-order valence-corrected chi connectivity index (χ4v) is 2.86. The quantitative estimate of drug-likeness (QED) is 0.557. The van der Waals surface area contributed by atoms with E-state index in [1.165, 1.54) is 23.0 Å². The molecule has 0 aliphatic heterocycles. The maximum absolute atomic E-state index is 12.6. The Morgan fingerprint density at radius 2 is 1.96 bits per heavy atom. The number of hydrogen-bond donors (Lipinski definition) is 1. The van der Waals surface area contributed by atoms with Crippen molar-refractivity contribution in [2.24, 2.45) is 0 Å². The van der Waals surface area contributed by atoms with Crippen LogP contribution in [0.15, 0.2) is 47.1 Å². The minimum atomic E-state index is -4.86. The van der Waals surface area contributed by atoms with Crippen LogP contribution in [-0.2, 0) is 0 Å². The lowest BCUT2D eigenvalue weighted by atomic mass is 10.1. The van der Waals surface area contributed by atoms with Crippen molar-refractivity contribution in [1.82, 2.24) is 14.8 Å². The molecule has 7 nitrogen and oxygen atoms in total. The van der Waals surface area contributed by atoms with Gasteiger partial charge in [0.05, 0.1) is 17.6 Å². The summed E-state index contributed by atoms with van der Waals surface area (Å²) in [5.74, 6) is -0.700. The van der Waals surface area contributed by atoms with Crippen LogP contribution in [0.3, 0.4) is 0 Å². The normalized spacial score (nSPS) is 11.3. The third kappa shape index (κ3) is 4.80. The molecule has 28 heavy (non-hydrogen) atoms. The summed E-state index contributed by atoms with van der Waals surface area (Å²) in [4.78, 5) is 15.0. The average molecular weight is 458 g/mol. The summed E-state index contributed by atoms with van der Waals surface area (Å²) in [6.45, 7) is 1.78. The number of benzene rings is 1. The fraction of sp³-hybridized carbons (Fsp3) is 0.118. The van der Waals surface area contributed by atoms with E-state index in [1.54, 1.807) is 19.1 Å². The summed E-state index contributed by atoms with van der Waals surface area (Å²) in [5, 5.41) is 12.9. The Morgan fingerprint density at radius 1 is 1.21 bits per heavy atom. The zero-order valence-electron chi connectivity index (χ0n) is 14.1. The van der Waals surface area contributed by atoms with Crippen molar-refractivity contribution in [3.63, 3.8) is 0 Å². The molecule has 11 heteroatoms. The monoisotopic (exact) mass is 457 g/mol. The van der Waals surface area contributed by atoms with Crippen molar-refractivity contribution < 1.29 is 32.5 Å². The van der Waals surface area contributed by atoms with Gasteiger partial charge in [-0.25, -0.2) is 9.48 Å². The molecule has 0 aliphatic rings. The zero-order chi connectivity index (χ0) is 20.5. The molecular formula is C17H11BrF3N3O4. The lowest BCUT2D eigenvalue weighted by Gasteiger charge is -2.12. The van der Waals surface area contributed by atoms with E-state index < -0.39 is 18.3 Å². The van der Waals surface area contributed by atoms with Gasteiger partial charge < -0.3 is 14.6 Å². The van der Waals surface area contributed by atoms with Crippen LogP contribution in [-0.4, -0.2) is 32.4 Å². The topological polar surface area (TPSA) is 86.5 Å². The molecule has 2 aromatic heterocycles. The van der Waals surface area contributed by atoms with Crippen molar-refractivity contribution in [3.05, 3.63) is 52.8 Å². The van der Waals surface area contributed by atoms with E-state index in [-0.39, 0.29) is 17.1 Å². The number of ether oxygens (including phenoxy) is 2. The van der Waals surface area contributed by atoms with Crippen molar-refractivity contribution in [1.29, 1.82) is 0 Å². The molecule has 1 N–H and O–H groups in total. The molecule has 0 saturated heterocycles. The van der Waals surface area contributed by atoms with Crippen LogP contribution in [0.4, 0.5) is 18.0 Å². The number of alkyl halides is 3. The molecule has 2 heterocycles. The number of halogens is 4. The van der Waals surface area contributed by atoms with E-state index in [0.29, 0.717) is 10.2 Å². The number of carbonyl (C=O) groups is 1. The van der Waals surface area contributed by atoms with Gasteiger partial charge in [0.2, 0.25) is 5.88 Å². The Bertz CT molecular complexity index is 1020. The largest absolute Gasteiger partial charge is 0.573 e. The molecule has 0 aliphatic carbocycles. The van der Waals surface area contributed by atoms with Gasteiger partial charge in [-0.2, -0.15) is 0 Å². The van der Waals surface area contributed by atoms with Crippen LogP contribution in [0.25, 0.3) is 16.9 Å².